The lowest BCUT2D eigenvalue weighted by Gasteiger charge is -2.47. The Morgan fingerprint density at radius 1 is 1.14 bits per heavy atom. The van der Waals surface area contributed by atoms with E-state index in [0.29, 0.717) is 0 Å². The van der Waals surface area contributed by atoms with Crippen LogP contribution >= 0.6 is 10.2 Å². The molecule has 3 nitrogen and oxygen atoms in total. The van der Waals surface area contributed by atoms with E-state index in [0.717, 1.165) is 0 Å². The lowest BCUT2D eigenvalue weighted by molar-refractivity contribution is 0.148. The zero-order chi connectivity index (χ0) is 12.1. The third kappa shape index (κ3) is 1.91. The van der Waals surface area contributed by atoms with Gasteiger partial charge in [0.2, 0.25) is 0 Å². The summed E-state index contributed by atoms with van der Waals surface area (Å²) in [6, 6.07) is 0. The second-order valence-corrected chi connectivity index (χ2v) is 6.59. The molecule has 0 aliphatic carbocycles. The lowest BCUT2D eigenvalue weighted by atomic mass is 10.8. The molecular weight excluding hydrogens is 269 g/mol. The minimum Gasteiger partial charge on any atom is -0.390 e. The molecule has 0 spiro atoms. The summed E-state index contributed by atoms with van der Waals surface area (Å²) < 4.78 is 94.6. The van der Waals surface area contributed by atoms with Crippen LogP contribution in [0.15, 0.2) is 0 Å². The normalized spacial score (nSPS) is 23.4. The summed E-state index contributed by atoms with van der Waals surface area (Å²) in [5.41, 5.74) is 0. The van der Waals surface area contributed by atoms with E-state index in [4.69, 9.17) is 5.11 Å². The molecule has 0 saturated carbocycles. The van der Waals surface area contributed by atoms with E-state index in [1.165, 1.54) is 0 Å². The third-order valence-electron chi connectivity index (χ3n) is 1.13. The largest absolute Gasteiger partial charge is 0.395 e. The Bertz CT molecular complexity index is 340. The fraction of sp³-hybridized carbons (Fsp3) is 1.00. The molecule has 0 saturated heterocycles. The van der Waals surface area contributed by atoms with Gasteiger partial charge in [0.25, 0.3) is 0 Å². The number of aliphatic hydroxyl groups is 1. The van der Waals surface area contributed by atoms with Crippen LogP contribution in [0.5, 0.6) is 0 Å². The van der Waals surface area contributed by atoms with Gasteiger partial charge in [-0.25, -0.2) is 0 Å². The molecule has 0 aromatic heterocycles. The highest BCUT2D eigenvalue weighted by molar-refractivity contribution is 8.50. The van der Waals surface area contributed by atoms with Gasteiger partial charge in [-0.05, 0) is 0 Å². The first-order chi connectivity index (χ1) is 5.56. The zero-order valence-corrected chi connectivity index (χ0v) is 7.57. The van der Waals surface area contributed by atoms with Crippen molar-refractivity contribution in [3.63, 3.8) is 0 Å². The van der Waals surface area contributed by atoms with Gasteiger partial charge in [-0.2, -0.15) is 12.8 Å². The maximum Gasteiger partial charge on any atom is 0.395 e. The summed E-state index contributed by atoms with van der Waals surface area (Å²) in [5, 5.41) is 7.62. The molecule has 90 valence electrons. The van der Waals surface area contributed by atoms with Crippen molar-refractivity contribution in [2.45, 2.75) is 4.33 Å². The van der Waals surface area contributed by atoms with Crippen molar-refractivity contribution in [3.8, 4) is 0 Å². The van der Waals surface area contributed by atoms with E-state index in [-0.39, 0.29) is 0 Å². The first-order valence-electron chi connectivity index (χ1n) is 2.53. The molecule has 0 fully saturated rings. The Balaban J connectivity index is 6.06. The van der Waals surface area contributed by atoms with Gasteiger partial charge in [0, 0.05) is 0 Å². The van der Waals surface area contributed by atoms with Gasteiger partial charge in [-0.1, -0.05) is 19.4 Å². The van der Waals surface area contributed by atoms with Gasteiger partial charge < -0.3 is 5.11 Å². The smallest absolute Gasteiger partial charge is 0.390 e. The van der Waals surface area contributed by atoms with Gasteiger partial charge in [0.15, 0.2) is 0 Å². The van der Waals surface area contributed by atoms with E-state index in [9.17, 15) is 36.1 Å². The SMILES string of the molecule is O=S(=O)(F)C(F)(CO)S(F)(F)(F)(F)F. The maximum absolute atomic E-state index is 12.3. The summed E-state index contributed by atoms with van der Waals surface area (Å²) >= 11 is 0. The van der Waals surface area contributed by atoms with Crippen LogP contribution in [0.25, 0.3) is 0 Å². The van der Waals surface area contributed by atoms with Gasteiger partial charge >= 0.3 is 24.8 Å². The number of halogens is 7. The molecule has 0 bridgehead atoms. The van der Waals surface area contributed by atoms with Gasteiger partial charge in [-0.15, -0.1) is 3.89 Å². The van der Waals surface area contributed by atoms with E-state index in [1.807, 2.05) is 0 Å². The topological polar surface area (TPSA) is 54.4 Å². The maximum atomic E-state index is 12.3. The van der Waals surface area contributed by atoms with Crippen molar-refractivity contribution < 1.29 is 41.2 Å². The van der Waals surface area contributed by atoms with Crippen LogP contribution in [0.1, 0.15) is 0 Å². The molecule has 1 unspecified atom stereocenters. The molecule has 0 heterocycles. The van der Waals surface area contributed by atoms with Crippen LogP contribution < -0.4 is 0 Å². The fourth-order valence-corrected chi connectivity index (χ4v) is 2.29. The molecule has 0 radical (unpaired) electrons. The second-order valence-electron chi connectivity index (χ2n) is 2.22. The number of aliphatic hydroxyl groups excluding tert-OH is 1. The Morgan fingerprint density at radius 2 is 1.43 bits per heavy atom. The second kappa shape index (κ2) is 2.29. The molecular formula is C2H3F7O3S2. The predicted octanol–water partition coefficient (Wildman–Crippen LogP) is 2.20. The Labute approximate surface area is 73.5 Å². The van der Waals surface area contributed by atoms with Crippen molar-refractivity contribution in [3.05, 3.63) is 0 Å². The molecule has 14 heavy (non-hydrogen) atoms. The van der Waals surface area contributed by atoms with Crippen molar-refractivity contribution in [1.29, 1.82) is 0 Å². The average Bonchev–Trinajstić information content (AvgIpc) is 1.77. The van der Waals surface area contributed by atoms with Crippen LogP contribution in [-0.2, 0) is 10.2 Å². The average molecular weight is 272 g/mol. The Morgan fingerprint density at radius 3 is 1.43 bits per heavy atom. The summed E-state index contributed by atoms with van der Waals surface area (Å²) in [4.78, 5) is 0. The van der Waals surface area contributed by atoms with Crippen molar-refractivity contribution in [1.82, 2.24) is 0 Å². The molecule has 0 aromatic carbocycles. The molecule has 0 aliphatic rings. The van der Waals surface area contributed by atoms with Crippen LogP contribution in [0.2, 0.25) is 0 Å². The lowest BCUT2D eigenvalue weighted by Crippen LogP contribution is -2.45. The Kier molecular flexibility index (Phi) is 2.26. The quantitative estimate of drug-likeness (QED) is 0.633. The third-order valence-corrected chi connectivity index (χ3v) is 4.81. The number of alkyl halides is 1. The van der Waals surface area contributed by atoms with Gasteiger partial charge in [-0.3, -0.25) is 0 Å². The highest BCUT2D eigenvalue weighted by Gasteiger charge is 2.87. The van der Waals surface area contributed by atoms with Crippen molar-refractivity contribution in [2.75, 3.05) is 6.61 Å². The van der Waals surface area contributed by atoms with E-state index in [1.54, 1.807) is 0 Å². The molecule has 0 aromatic rings. The Hall–Kier alpha value is -0.230. The molecule has 12 heteroatoms. The van der Waals surface area contributed by atoms with E-state index in [2.05, 4.69) is 0 Å². The predicted molar refractivity (Wildman–Crippen MR) is 34.1 cm³/mol. The molecule has 0 aliphatic heterocycles. The fourth-order valence-electron chi connectivity index (χ4n) is 0.387. The standard InChI is InChI=1S/C2H3F7O3S2/c3-2(1-10,13(4,11)12)14(5,6,7,8)9/h10H,1H2. The van der Waals surface area contributed by atoms with Crippen LogP contribution in [0, 0.1) is 0 Å². The first-order valence-corrected chi connectivity index (χ1v) is 5.86. The zero-order valence-electron chi connectivity index (χ0n) is 5.93. The summed E-state index contributed by atoms with van der Waals surface area (Å²) in [5.74, 6) is 0. The number of hydrogen-bond acceptors (Lipinski definition) is 3. The minimum atomic E-state index is -11.3. The number of rotatable bonds is 3. The van der Waals surface area contributed by atoms with Crippen molar-refractivity contribution in [2.24, 2.45) is 0 Å². The van der Waals surface area contributed by atoms with E-state index < -0.39 is 31.4 Å². The highest BCUT2D eigenvalue weighted by Crippen LogP contribution is 3.04. The van der Waals surface area contributed by atoms with E-state index >= 15 is 0 Å². The van der Waals surface area contributed by atoms with Crippen LogP contribution in [-0.4, -0.2) is 24.5 Å². The van der Waals surface area contributed by atoms with Gasteiger partial charge in [0.05, 0.1) is 0 Å². The number of hydrogen-bond donors (Lipinski definition) is 1. The summed E-state index contributed by atoms with van der Waals surface area (Å²) in [7, 11) is -18.7. The summed E-state index contributed by atoms with van der Waals surface area (Å²) in [6.45, 7) is -3.25. The van der Waals surface area contributed by atoms with Gasteiger partial charge in [0.1, 0.15) is 6.61 Å². The van der Waals surface area contributed by atoms with Crippen LogP contribution in [0.4, 0.5) is 27.7 Å². The van der Waals surface area contributed by atoms with Crippen molar-refractivity contribution >= 4 is 20.4 Å². The highest BCUT2D eigenvalue weighted by atomic mass is 32.5. The molecule has 1 N–H and O–H groups in total. The summed E-state index contributed by atoms with van der Waals surface area (Å²) in [6.07, 6.45) is 0. The first kappa shape index (κ1) is 13.8. The molecule has 0 amide bonds. The molecule has 0 rings (SSSR count). The van der Waals surface area contributed by atoms with Crippen LogP contribution in [0.3, 0.4) is 0 Å². The monoisotopic (exact) mass is 272 g/mol. The molecule has 1 atom stereocenters. The minimum absolute atomic E-state index is 3.25.